The van der Waals surface area contributed by atoms with Gasteiger partial charge in [-0.3, -0.25) is 4.79 Å². The minimum atomic E-state index is -0.815. The van der Waals surface area contributed by atoms with Gasteiger partial charge in [0.05, 0.1) is 12.6 Å². The van der Waals surface area contributed by atoms with Gasteiger partial charge in [-0.1, -0.05) is 13.3 Å². The first-order valence-corrected chi connectivity index (χ1v) is 7.70. The van der Waals surface area contributed by atoms with Crippen LogP contribution in [-0.2, 0) is 14.3 Å². The van der Waals surface area contributed by atoms with E-state index >= 15 is 0 Å². The number of ether oxygens (including phenoxy) is 1. The number of hydrogen-bond donors (Lipinski definition) is 2. The highest BCUT2D eigenvalue weighted by molar-refractivity contribution is 5.69. The molecule has 0 aromatic heterocycles. The molecule has 124 valence electrons. The van der Waals surface area contributed by atoms with Gasteiger partial charge in [-0.15, -0.1) is 0 Å². The van der Waals surface area contributed by atoms with E-state index in [1.54, 1.807) is 0 Å². The zero-order valence-corrected chi connectivity index (χ0v) is 13.4. The third kappa shape index (κ3) is 10.4. The monoisotopic (exact) mass is 304 g/mol. The van der Waals surface area contributed by atoms with Crippen LogP contribution in [0.4, 0.5) is 4.39 Å². The Morgan fingerprint density at radius 2 is 2.24 bits per heavy atom. The molecule has 1 saturated heterocycles. The first kappa shape index (κ1) is 20.0. The van der Waals surface area contributed by atoms with Crippen molar-refractivity contribution in [2.24, 2.45) is 5.92 Å². The number of alkyl halides is 1. The molecule has 6 heteroatoms. The number of rotatable bonds is 8. The SMILES string of the molecule is CCOC(=O)CC(CC)CCNC.O=CC1CC(F)CN1. The Morgan fingerprint density at radius 1 is 1.52 bits per heavy atom. The highest BCUT2D eigenvalue weighted by Gasteiger charge is 2.22. The lowest BCUT2D eigenvalue weighted by Crippen LogP contribution is -2.22. The summed E-state index contributed by atoms with van der Waals surface area (Å²) >= 11 is 0. The molecule has 1 heterocycles. The van der Waals surface area contributed by atoms with Gasteiger partial charge in [-0.05, 0) is 32.9 Å². The zero-order chi connectivity index (χ0) is 16.1. The molecule has 0 radical (unpaired) electrons. The topological polar surface area (TPSA) is 67.4 Å². The van der Waals surface area contributed by atoms with E-state index in [1.165, 1.54) is 0 Å². The van der Waals surface area contributed by atoms with Gasteiger partial charge in [0, 0.05) is 19.4 Å². The molecule has 1 aliphatic rings. The summed E-state index contributed by atoms with van der Waals surface area (Å²) in [6.45, 7) is 5.74. The Morgan fingerprint density at radius 3 is 2.62 bits per heavy atom. The van der Waals surface area contributed by atoms with Crippen molar-refractivity contribution in [3.63, 3.8) is 0 Å². The Hall–Kier alpha value is -1.01. The van der Waals surface area contributed by atoms with Crippen LogP contribution < -0.4 is 10.6 Å². The van der Waals surface area contributed by atoms with Crippen LogP contribution in [0.2, 0.25) is 0 Å². The summed E-state index contributed by atoms with van der Waals surface area (Å²) in [7, 11) is 1.93. The van der Waals surface area contributed by atoms with E-state index in [-0.39, 0.29) is 12.0 Å². The van der Waals surface area contributed by atoms with Crippen molar-refractivity contribution in [2.45, 2.75) is 51.7 Å². The van der Waals surface area contributed by atoms with Crippen LogP contribution in [0.3, 0.4) is 0 Å². The highest BCUT2D eigenvalue weighted by atomic mass is 19.1. The fraction of sp³-hybridized carbons (Fsp3) is 0.867. The summed E-state index contributed by atoms with van der Waals surface area (Å²) in [4.78, 5) is 21.1. The van der Waals surface area contributed by atoms with Crippen LogP contribution in [0.25, 0.3) is 0 Å². The van der Waals surface area contributed by atoms with E-state index in [9.17, 15) is 14.0 Å². The third-order valence-electron chi connectivity index (χ3n) is 3.42. The lowest BCUT2D eigenvalue weighted by Gasteiger charge is -2.12. The van der Waals surface area contributed by atoms with Crippen LogP contribution in [0.5, 0.6) is 0 Å². The summed E-state index contributed by atoms with van der Waals surface area (Å²) in [5.74, 6) is 0.400. The fourth-order valence-corrected chi connectivity index (χ4v) is 2.08. The molecule has 2 N–H and O–H groups in total. The summed E-state index contributed by atoms with van der Waals surface area (Å²) in [6.07, 6.45) is 2.94. The predicted octanol–water partition coefficient (Wildman–Crippen LogP) is 1.46. The van der Waals surface area contributed by atoms with Crippen LogP contribution in [0, 0.1) is 5.92 Å². The maximum absolute atomic E-state index is 12.1. The average molecular weight is 304 g/mol. The Bertz CT molecular complexity index is 290. The van der Waals surface area contributed by atoms with E-state index in [2.05, 4.69) is 17.6 Å². The molecule has 1 rings (SSSR count). The standard InChI is InChI=1S/C10H21NO2.C5H8FNO/c1-4-9(6-7-11-3)8-10(12)13-5-2;6-4-1-5(3-8)7-2-4/h9,11H,4-8H2,1-3H3;3-5,7H,1-2H2. The van der Waals surface area contributed by atoms with Crippen LogP contribution in [0.15, 0.2) is 0 Å². The number of hydrogen-bond acceptors (Lipinski definition) is 5. The molecule has 1 aliphatic heterocycles. The zero-order valence-electron chi connectivity index (χ0n) is 13.4. The highest BCUT2D eigenvalue weighted by Crippen LogP contribution is 2.13. The second-order valence-corrected chi connectivity index (χ2v) is 5.16. The van der Waals surface area contributed by atoms with Crippen molar-refractivity contribution in [2.75, 3.05) is 26.7 Å². The number of nitrogens with one attached hydrogen (secondary N) is 2. The number of esters is 1. The molecular formula is C15H29FN2O3. The van der Waals surface area contributed by atoms with Crippen molar-refractivity contribution in [3.05, 3.63) is 0 Å². The molecule has 0 amide bonds. The fourth-order valence-electron chi connectivity index (χ4n) is 2.08. The molecule has 5 nitrogen and oxygen atoms in total. The van der Waals surface area contributed by atoms with Gasteiger partial charge >= 0.3 is 5.97 Å². The van der Waals surface area contributed by atoms with Crippen molar-refractivity contribution in [1.29, 1.82) is 0 Å². The smallest absolute Gasteiger partial charge is 0.306 e. The van der Waals surface area contributed by atoms with E-state index in [4.69, 9.17) is 4.74 Å². The molecule has 0 bridgehead atoms. The molecule has 1 fully saturated rings. The maximum Gasteiger partial charge on any atom is 0.306 e. The molecule has 3 unspecified atom stereocenters. The molecule has 0 spiro atoms. The summed E-state index contributed by atoms with van der Waals surface area (Å²) in [6, 6.07) is -0.231. The van der Waals surface area contributed by atoms with Crippen molar-refractivity contribution in [3.8, 4) is 0 Å². The summed E-state index contributed by atoms with van der Waals surface area (Å²) in [5.41, 5.74) is 0. The van der Waals surface area contributed by atoms with Gasteiger partial charge in [0.1, 0.15) is 12.5 Å². The van der Waals surface area contributed by atoms with Gasteiger partial charge < -0.3 is 20.2 Å². The average Bonchev–Trinajstić information content (AvgIpc) is 2.90. The predicted molar refractivity (Wildman–Crippen MR) is 80.9 cm³/mol. The third-order valence-corrected chi connectivity index (χ3v) is 3.42. The molecule has 0 aliphatic carbocycles. The number of aldehydes is 1. The minimum Gasteiger partial charge on any atom is -0.466 e. The van der Waals surface area contributed by atoms with Crippen LogP contribution >= 0.6 is 0 Å². The second kappa shape index (κ2) is 12.7. The normalized spacial score (nSPS) is 22.1. The number of carbonyl (C=O) groups excluding carboxylic acids is 2. The largest absolute Gasteiger partial charge is 0.466 e. The number of halogens is 1. The summed E-state index contributed by atoms with van der Waals surface area (Å²) < 4.78 is 17.0. The van der Waals surface area contributed by atoms with E-state index < -0.39 is 6.17 Å². The Kier molecular flexibility index (Phi) is 12.1. The quantitative estimate of drug-likeness (QED) is 0.525. The summed E-state index contributed by atoms with van der Waals surface area (Å²) in [5, 5.41) is 5.80. The maximum atomic E-state index is 12.1. The van der Waals surface area contributed by atoms with E-state index in [0.717, 1.165) is 25.7 Å². The Balaban J connectivity index is 0.000000423. The molecule has 21 heavy (non-hydrogen) atoms. The molecule has 0 saturated carbocycles. The molecular weight excluding hydrogens is 275 g/mol. The minimum absolute atomic E-state index is 0.0644. The van der Waals surface area contributed by atoms with E-state index in [0.29, 0.717) is 31.9 Å². The molecule has 0 aromatic rings. The van der Waals surface area contributed by atoms with Gasteiger partial charge in [-0.2, -0.15) is 0 Å². The van der Waals surface area contributed by atoms with Gasteiger partial charge in [0.2, 0.25) is 0 Å². The van der Waals surface area contributed by atoms with Gasteiger partial charge in [0.25, 0.3) is 0 Å². The lowest BCUT2D eigenvalue weighted by atomic mass is 9.99. The Labute approximate surface area is 127 Å². The molecule has 3 atom stereocenters. The second-order valence-electron chi connectivity index (χ2n) is 5.16. The first-order valence-electron chi connectivity index (χ1n) is 7.70. The van der Waals surface area contributed by atoms with Crippen molar-refractivity contribution < 1.29 is 18.7 Å². The van der Waals surface area contributed by atoms with Crippen molar-refractivity contribution >= 4 is 12.3 Å². The number of carbonyl (C=O) groups is 2. The van der Waals surface area contributed by atoms with E-state index in [1.807, 2.05) is 14.0 Å². The van der Waals surface area contributed by atoms with Gasteiger partial charge in [0.15, 0.2) is 0 Å². The first-order chi connectivity index (χ1) is 10.1. The van der Waals surface area contributed by atoms with Crippen LogP contribution in [0.1, 0.15) is 39.5 Å². The van der Waals surface area contributed by atoms with Gasteiger partial charge in [-0.25, -0.2) is 4.39 Å². The van der Waals surface area contributed by atoms with Crippen LogP contribution in [-0.4, -0.2) is 51.2 Å². The molecule has 0 aromatic carbocycles. The lowest BCUT2D eigenvalue weighted by molar-refractivity contribution is -0.144. The van der Waals surface area contributed by atoms with Crippen molar-refractivity contribution in [1.82, 2.24) is 10.6 Å².